The second-order valence-corrected chi connectivity index (χ2v) is 4.71. The van der Waals surface area contributed by atoms with Crippen molar-refractivity contribution in [3.8, 4) is 0 Å². The molecule has 0 saturated carbocycles. The molecule has 1 aliphatic rings. The number of anilines is 1. The van der Waals surface area contributed by atoms with Crippen LogP contribution in [0.25, 0.3) is 11.8 Å². The van der Waals surface area contributed by atoms with Crippen LogP contribution in [-0.4, -0.2) is 23.7 Å². The van der Waals surface area contributed by atoms with Gasteiger partial charge >= 0.3 is 0 Å². The molecule has 0 radical (unpaired) electrons. The van der Waals surface area contributed by atoms with Gasteiger partial charge in [0.05, 0.1) is 0 Å². The van der Waals surface area contributed by atoms with Gasteiger partial charge in [0.25, 0.3) is 0 Å². The van der Waals surface area contributed by atoms with Crippen molar-refractivity contribution in [2.45, 2.75) is 13.0 Å². The molecule has 3 rings (SSSR count). The number of rotatable bonds is 2. The molecular formula is C16H21N4OW-. The second-order valence-electron chi connectivity index (χ2n) is 4.71. The van der Waals surface area contributed by atoms with Crippen molar-refractivity contribution < 1.29 is 26.2 Å². The predicted molar refractivity (Wildman–Crippen MR) is 86.1 cm³/mol. The number of aliphatic hydroxyl groups excluding tert-OH is 1. The van der Waals surface area contributed by atoms with Gasteiger partial charge in [-0.25, -0.2) is 0 Å². The van der Waals surface area contributed by atoms with Crippen molar-refractivity contribution in [1.82, 2.24) is 10.3 Å². The molecular weight excluding hydrogens is 448 g/mol. The van der Waals surface area contributed by atoms with E-state index in [-0.39, 0.29) is 21.1 Å². The van der Waals surface area contributed by atoms with Crippen LogP contribution in [0.1, 0.15) is 22.4 Å². The molecule has 2 aromatic rings. The molecule has 22 heavy (non-hydrogen) atoms. The molecule has 0 spiro atoms. The summed E-state index contributed by atoms with van der Waals surface area (Å²) in [6.07, 6.45) is 2.91. The van der Waals surface area contributed by atoms with Gasteiger partial charge in [0.15, 0.2) is 0 Å². The number of aromatic nitrogens is 1. The zero-order valence-electron chi connectivity index (χ0n) is 12.5. The maximum atomic E-state index is 7.00. The topological polar surface area (TPSA) is 100 Å². The first-order valence-corrected chi connectivity index (χ1v) is 6.84. The fourth-order valence-electron chi connectivity index (χ4n) is 2.44. The predicted octanol–water partition coefficient (Wildman–Crippen LogP) is 1.11. The molecule has 0 amide bonds. The van der Waals surface area contributed by atoms with Gasteiger partial charge in [-0.3, -0.25) is 0 Å². The molecule has 118 valence electrons. The molecule has 5 nitrogen and oxygen atoms in total. The van der Waals surface area contributed by atoms with Gasteiger partial charge in [-0.15, -0.1) is 35.9 Å². The Balaban J connectivity index is 0.000000775. The fraction of sp³-hybridized carbons (Fsp3) is 0.250. The molecule has 2 heterocycles. The second kappa shape index (κ2) is 8.79. The van der Waals surface area contributed by atoms with Gasteiger partial charge < -0.3 is 26.9 Å². The number of aliphatic hydroxyl groups is 1. The first kappa shape index (κ1) is 18.5. The third-order valence-corrected chi connectivity index (χ3v) is 3.44. The largest absolute Gasteiger partial charge is 0.436 e. The van der Waals surface area contributed by atoms with Crippen LogP contribution in [0.15, 0.2) is 24.3 Å². The van der Waals surface area contributed by atoms with Gasteiger partial charge in [0, 0.05) is 58.9 Å². The Kier molecular flexibility index (Phi) is 7.39. The van der Waals surface area contributed by atoms with Crippen LogP contribution >= 0.6 is 0 Å². The zero-order valence-corrected chi connectivity index (χ0v) is 15.5. The monoisotopic (exact) mass is 469 g/mol. The average Bonchev–Trinajstić information content (AvgIpc) is 2.86. The third-order valence-electron chi connectivity index (χ3n) is 3.44. The summed E-state index contributed by atoms with van der Waals surface area (Å²) in [5.74, 6) is 0.688. The standard InChI is InChI=1S/C15H17N4.CH4O.W/c16-13(10-4-2-1-3-5-10)8-11-12-9-18-7-6-14(12)19-15(11)17;1-2;/h1-4,8,18-19H,6-7,9,16-17H2;2H,1H3;/q-1;;/b13-8-;;. The first-order chi connectivity index (χ1) is 10.3. The number of benzene rings is 1. The maximum Gasteiger partial charge on any atom is 0.107 e. The summed E-state index contributed by atoms with van der Waals surface area (Å²) >= 11 is 0. The van der Waals surface area contributed by atoms with Crippen molar-refractivity contribution in [1.29, 1.82) is 0 Å². The summed E-state index contributed by atoms with van der Waals surface area (Å²) in [7, 11) is 1.00. The first-order valence-electron chi connectivity index (χ1n) is 6.84. The minimum absolute atomic E-state index is 0. The molecule has 0 bridgehead atoms. The maximum absolute atomic E-state index is 7.00. The zero-order chi connectivity index (χ0) is 15.2. The van der Waals surface area contributed by atoms with Crippen LogP contribution in [0, 0.1) is 6.07 Å². The van der Waals surface area contributed by atoms with Crippen LogP contribution < -0.4 is 16.8 Å². The van der Waals surface area contributed by atoms with Crippen molar-refractivity contribution >= 4 is 17.6 Å². The van der Waals surface area contributed by atoms with E-state index in [1.54, 1.807) is 0 Å². The third kappa shape index (κ3) is 4.00. The van der Waals surface area contributed by atoms with E-state index >= 15 is 0 Å². The summed E-state index contributed by atoms with van der Waals surface area (Å²) in [4.78, 5) is 3.25. The van der Waals surface area contributed by atoms with E-state index in [1.807, 2.05) is 30.3 Å². The Bertz CT molecular complexity index is 623. The Hall–Kier alpha value is -1.55. The van der Waals surface area contributed by atoms with Crippen LogP contribution in [-0.2, 0) is 34.0 Å². The van der Waals surface area contributed by atoms with Gasteiger partial charge in [0.1, 0.15) is 5.82 Å². The summed E-state index contributed by atoms with van der Waals surface area (Å²) < 4.78 is 0. The summed E-state index contributed by atoms with van der Waals surface area (Å²) in [6, 6.07) is 10.8. The molecule has 0 atom stereocenters. The molecule has 6 heteroatoms. The van der Waals surface area contributed by atoms with Crippen molar-refractivity contribution in [3.63, 3.8) is 0 Å². The van der Waals surface area contributed by atoms with E-state index < -0.39 is 0 Å². The molecule has 0 fully saturated rings. The summed E-state index contributed by atoms with van der Waals surface area (Å²) in [5, 5.41) is 10.4. The Morgan fingerprint density at radius 2 is 2.14 bits per heavy atom. The van der Waals surface area contributed by atoms with Crippen LogP contribution in [0.5, 0.6) is 0 Å². The normalized spacial score (nSPS) is 13.5. The molecule has 0 aliphatic carbocycles. The molecule has 7 N–H and O–H groups in total. The van der Waals surface area contributed by atoms with Gasteiger partial charge in [0.2, 0.25) is 0 Å². The number of H-pyrrole nitrogens is 1. The number of hydrogen-bond donors (Lipinski definition) is 5. The van der Waals surface area contributed by atoms with Crippen molar-refractivity contribution in [3.05, 3.63) is 52.7 Å². The van der Waals surface area contributed by atoms with Crippen molar-refractivity contribution in [2.24, 2.45) is 5.73 Å². The van der Waals surface area contributed by atoms with Crippen LogP contribution in [0.2, 0.25) is 0 Å². The summed E-state index contributed by atoms with van der Waals surface area (Å²) in [5.41, 5.74) is 17.2. The number of nitrogens with two attached hydrogens (primary N) is 2. The van der Waals surface area contributed by atoms with E-state index in [0.717, 1.165) is 37.7 Å². The van der Waals surface area contributed by atoms with Crippen LogP contribution in [0.4, 0.5) is 5.82 Å². The number of nitrogen functional groups attached to an aromatic ring is 1. The number of aromatic amines is 1. The molecule has 0 saturated heterocycles. The fourth-order valence-corrected chi connectivity index (χ4v) is 2.44. The van der Waals surface area contributed by atoms with E-state index in [1.165, 1.54) is 11.3 Å². The molecule has 1 aliphatic heterocycles. The Labute approximate surface area is 145 Å². The molecule has 1 aromatic heterocycles. The van der Waals surface area contributed by atoms with Gasteiger partial charge in [-0.05, 0) is 11.3 Å². The molecule has 0 unspecified atom stereocenters. The van der Waals surface area contributed by atoms with Crippen molar-refractivity contribution in [2.75, 3.05) is 19.4 Å². The quantitative estimate of drug-likeness (QED) is 0.426. The van der Waals surface area contributed by atoms with E-state index in [4.69, 9.17) is 16.6 Å². The van der Waals surface area contributed by atoms with E-state index in [9.17, 15) is 0 Å². The van der Waals surface area contributed by atoms with Gasteiger partial charge in [-0.2, -0.15) is 0 Å². The Morgan fingerprint density at radius 1 is 1.36 bits per heavy atom. The number of nitrogens with one attached hydrogen (secondary N) is 2. The minimum Gasteiger partial charge on any atom is -0.436 e. The van der Waals surface area contributed by atoms with Crippen LogP contribution in [0.3, 0.4) is 0 Å². The molecule has 1 aromatic carbocycles. The van der Waals surface area contributed by atoms with E-state index in [2.05, 4.69) is 16.4 Å². The van der Waals surface area contributed by atoms with E-state index in [0.29, 0.717) is 11.5 Å². The minimum atomic E-state index is 0. The smallest absolute Gasteiger partial charge is 0.107 e. The Morgan fingerprint density at radius 3 is 2.82 bits per heavy atom. The van der Waals surface area contributed by atoms with Gasteiger partial charge in [-0.1, -0.05) is 6.08 Å². The SMILES string of the molecule is CO.N/C(=C\c1c(N)[nH]c2c1CNCC2)c1[c-]cccc1.[W]. The summed E-state index contributed by atoms with van der Waals surface area (Å²) in [6.45, 7) is 1.82. The average molecular weight is 469 g/mol. The number of hydrogen-bond acceptors (Lipinski definition) is 4. The number of fused-ring (bicyclic) bond motifs is 1.